The molecule has 4 aromatic carbocycles. The number of hydrogen-bond acceptors (Lipinski definition) is 5. The monoisotopic (exact) mass is 624 g/mol. The molecule has 1 heterocycles. The summed E-state index contributed by atoms with van der Waals surface area (Å²) in [5.41, 5.74) is 4.30. The van der Waals surface area contributed by atoms with Gasteiger partial charge in [-0.15, -0.1) is 0 Å². The first kappa shape index (κ1) is 28.3. The number of imide groups is 1. The molecule has 4 aromatic rings. The van der Waals surface area contributed by atoms with E-state index in [2.05, 4.69) is 0 Å². The first-order valence-corrected chi connectivity index (χ1v) is 15.0. The van der Waals surface area contributed by atoms with Crippen LogP contribution in [0.15, 0.2) is 91.0 Å². The summed E-state index contributed by atoms with van der Waals surface area (Å²) in [6, 6.07) is 25.3. The second-order valence-corrected chi connectivity index (χ2v) is 12.1. The maximum Gasteiger partial charge on any atom is 0.275 e. The smallest absolute Gasteiger partial charge is 0.275 e. The maximum atomic E-state index is 14.6. The van der Waals surface area contributed by atoms with Gasteiger partial charge in [-0.1, -0.05) is 71.7 Å². The van der Waals surface area contributed by atoms with Crippen LogP contribution >= 0.6 is 23.2 Å². The molecule has 0 spiro atoms. The van der Waals surface area contributed by atoms with E-state index in [-0.39, 0.29) is 28.0 Å². The summed E-state index contributed by atoms with van der Waals surface area (Å²) in [6.07, 6.45) is 0. The van der Waals surface area contributed by atoms with Gasteiger partial charge in [0.25, 0.3) is 17.7 Å². The zero-order chi connectivity index (χ0) is 30.9. The van der Waals surface area contributed by atoms with E-state index < -0.39 is 41.4 Å². The fourth-order valence-electron chi connectivity index (χ4n) is 7.21. The number of halogens is 2. The summed E-state index contributed by atoms with van der Waals surface area (Å²) in [6.45, 7) is 1.51. The number of carbonyl (C=O) groups is 4. The zero-order valence-electron chi connectivity index (χ0n) is 23.7. The second-order valence-electron chi connectivity index (χ2n) is 11.3. The van der Waals surface area contributed by atoms with Crippen molar-refractivity contribution in [3.63, 3.8) is 0 Å². The zero-order valence-corrected chi connectivity index (χ0v) is 25.3. The van der Waals surface area contributed by atoms with Gasteiger partial charge in [0.2, 0.25) is 0 Å². The largest absolute Gasteiger partial charge is 0.497 e. The fraction of sp³-hybridized carbons (Fsp3) is 0.200. The Morgan fingerprint density at radius 3 is 1.73 bits per heavy atom. The lowest BCUT2D eigenvalue weighted by Gasteiger charge is -2.45. The minimum atomic E-state index is -1.24. The highest BCUT2D eigenvalue weighted by Crippen LogP contribution is 2.61. The lowest BCUT2D eigenvalue weighted by atomic mass is 9.55. The highest BCUT2D eigenvalue weighted by molar-refractivity contribution is 6.36. The van der Waals surface area contributed by atoms with E-state index in [1.807, 2.05) is 48.5 Å². The number of ether oxygens (including phenoxy) is 1. The topological polar surface area (TPSA) is 84.0 Å². The van der Waals surface area contributed by atoms with Crippen molar-refractivity contribution in [1.82, 2.24) is 10.0 Å². The Hall–Kier alpha value is -4.46. The number of hydrazine groups is 1. The molecule has 3 atom stereocenters. The normalized spacial score (nSPS) is 21.8. The Morgan fingerprint density at radius 1 is 0.773 bits per heavy atom. The van der Waals surface area contributed by atoms with E-state index in [1.54, 1.807) is 24.3 Å². The molecule has 1 saturated heterocycles. The summed E-state index contributed by atoms with van der Waals surface area (Å²) in [4.78, 5) is 57.3. The summed E-state index contributed by atoms with van der Waals surface area (Å²) in [5.74, 6) is -3.93. The third-order valence-corrected chi connectivity index (χ3v) is 9.68. The van der Waals surface area contributed by atoms with Crippen LogP contribution in [0.4, 0.5) is 0 Å². The summed E-state index contributed by atoms with van der Waals surface area (Å²) < 4.78 is 5.22. The number of methoxy groups -OCH3 is 1. The SMILES string of the molecule is COc1ccc(C(=O)[C@H](C)N(C(=O)c2ccc(Cl)cc2Cl)N2C(=O)[C@@H]3C4c5ccccc5C(c5ccccc54)[C@@H]3C2=O)cc1. The van der Waals surface area contributed by atoms with Gasteiger partial charge in [0.05, 0.1) is 29.5 Å². The van der Waals surface area contributed by atoms with Crippen LogP contribution in [0, 0.1) is 11.8 Å². The molecule has 3 aliphatic carbocycles. The minimum absolute atomic E-state index is 0.00969. The molecule has 0 aromatic heterocycles. The van der Waals surface area contributed by atoms with Gasteiger partial charge in [0.1, 0.15) is 11.8 Å². The molecular weight excluding hydrogens is 599 g/mol. The number of rotatable bonds is 6. The minimum Gasteiger partial charge on any atom is -0.497 e. The summed E-state index contributed by atoms with van der Waals surface area (Å²) in [7, 11) is 1.52. The Morgan fingerprint density at radius 2 is 1.27 bits per heavy atom. The van der Waals surface area contributed by atoms with Crippen molar-refractivity contribution in [2.45, 2.75) is 24.8 Å². The standard InChI is InChI=1S/C35H26Cl2N2O5/c1-18(32(40)19-11-14-21(44-2)15-12-19)38(33(41)26-16-13-20(36)17-27(26)37)39-34(42)30-28-22-7-3-4-8-23(22)29(31(30)35(39)43)25-10-6-5-9-24(25)28/h3-18,28-31H,1-2H3/t18-,28?,29?,30-,31+/m0/s1. The predicted octanol–water partition coefficient (Wildman–Crippen LogP) is 6.52. The van der Waals surface area contributed by atoms with Gasteiger partial charge in [0.15, 0.2) is 5.78 Å². The molecule has 8 rings (SSSR count). The number of nitrogens with zero attached hydrogens (tertiary/aromatic N) is 2. The fourth-order valence-corrected chi connectivity index (χ4v) is 7.70. The van der Waals surface area contributed by atoms with Gasteiger partial charge in [0, 0.05) is 22.4 Å². The van der Waals surface area contributed by atoms with Crippen molar-refractivity contribution in [1.29, 1.82) is 0 Å². The molecular formula is C35H26Cl2N2O5. The molecule has 7 nitrogen and oxygen atoms in total. The van der Waals surface area contributed by atoms with Crippen molar-refractivity contribution < 1.29 is 23.9 Å². The first-order chi connectivity index (χ1) is 21.2. The average Bonchev–Trinajstić information content (AvgIpc) is 3.30. The number of hydrogen-bond donors (Lipinski definition) is 0. The van der Waals surface area contributed by atoms with Crippen LogP contribution in [0.2, 0.25) is 10.0 Å². The van der Waals surface area contributed by atoms with Crippen LogP contribution in [0.5, 0.6) is 5.75 Å². The van der Waals surface area contributed by atoms with Gasteiger partial charge in [-0.3, -0.25) is 19.2 Å². The summed E-state index contributed by atoms with van der Waals surface area (Å²) >= 11 is 12.6. The van der Waals surface area contributed by atoms with E-state index in [0.717, 1.165) is 32.3 Å². The average molecular weight is 626 g/mol. The van der Waals surface area contributed by atoms with Crippen LogP contribution < -0.4 is 4.74 Å². The lowest BCUT2D eigenvalue weighted by Crippen LogP contribution is -2.56. The quantitative estimate of drug-likeness (QED) is 0.180. The van der Waals surface area contributed by atoms with Gasteiger partial charge < -0.3 is 4.74 Å². The molecule has 0 radical (unpaired) electrons. The number of carbonyl (C=O) groups excluding carboxylic acids is 4. The van der Waals surface area contributed by atoms with E-state index in [1.165, 1.54) is 32.2 Å². The molecule has 0 N–H and O–H groups in total. The summed E-state index contributed by atoms with van der Waals surface area (Å²) in [5, 5.41) is 2.24. The Kier molecular flexibility index (Phi) is 6.83. The van der Waals surface area contributed by atoms with Gasteiger partial charge in [-0.05, 0) is 71.6 Å². The van der Waals surface area contributed by atoms with Crippen LogP contribution in [0.3, 0.4) is 0 Å². The number of ketones is 1. The van der Waals surface area contributed by atoms with Crippen LogP contribution in [-0.2, 0) is 9.59 Å². The molecule has 1 aliphatic heterocycles. The maximum absolute atomic E-state index is 14.6. The van der Waals surface area contributed by atoms with Crippen LogP contribution in [-0.4, -0.2) is 46.7 Å². The van der Waals surface area contributed by atoms with E-state index >= 15 is 0 Å². The molecule has 0 unspecified atom stereocenters. The Balaban J connectivity index is 1.35. The van der Waals surface area contributed by atoms with Gasteiger partial charge in [-0.25, -0.2) is 5.01 Å². The highest BCUT2D eigenvalue weighted by atomic mass is 35.5. The predicted molar refractivity (Wildman–Crippen MR) is 165 cm³/mol. The van der Waals surface area contributed by atoms with Gasteiger partial charge >= 0.3 is 0 Å². The van der Waals surface area contributed by atoms with Crippen molar-refractivity contribution in [3.05, 3.63) is 134 Å². The molecule has 0 saturated carbocycles. The Bertz CT molecular complexity index is 1760. The molecule has 2 bridgehead atoms. The van der Waals surface area contributed by atoms with Gasteiger partial charge in [-0.2, -0.15) is 5.01 Å². The third-order valence-electron chi connectivity index (χ3n) is 9.13. The Labute approximate surface area is 263 Å². The van der Waals surface area contributed by atoms with Crippen molar-refractivity contribution >= 4 is 46.7 Å². The molecule has 3 amide bonds. The first-order valence-electron chi connectivity index (χ1n) is 14.2. The highest BCUT2D eigenvalue weighted by Gasteiger charge is 2.63. The molecule has 4 aliphatic rings. The van der Waals surface area contributed by atoms with Crippen LogP contribution in [0.25, 0.3) is 0 Å². The molecule has 1 fully saturated rings. The van der Waals surface area contributed by atoms with Crippen molar-refractivity contribution in [3.8, 4) is 5.75 Å². The van der Waals surface area contributed by atoms with E-state index in [4.69, 9.17) is 27.9 Å². The van der Waals surface area contributed by atoms with Crippen molar-refractivity contribution in [2.24, 2.45) is 11.8 Å². The van der Waals surface area contributed by atoms with Crippen molar-refractivity contribution in [2.75, 3.05) is 7.11 Å². The lowest BCUT2D eigenvalue weighted by molar-refractivity contribution is -0.156. The number of amides is 3. The van der Waals surface area contributed by atoms with Crippen LogP contribution in [0.1, 0.15) is 61.7 Å². The van der Waals surface area contributed by atoms with E-state index in [9.17, 15) is 19.2 Å². The molecule has 9 heteroatoms. The molecule has 220 valence electrons. The number of Topliss-reactive ketones (excluding diaryl/α,β-unsaturated/α-hetero) is 1. The molecule has 44 heavy (non-hydrogen) atoms. The third kappa shape index (κ3) is 4.10. The van der Waals surface area contributed by atoms with E-state index in [0.29, 0.717) is 10.8 Å². The second kappa shape index (κ2) is 10.6. The number of benzene rings is 4.